The van der Waals surface area contributed by atoms with Crippen molar-refractivity contribution in [1.82, 2.24) is 25.3 Å². The highest BCUT2D eigenvalue weighted by molar-refractivity contribution is 6.45. The fraction of sp³-hybridized carbons (Fsp3) is 0.238. The summed E-state index contributed by atoms with van der Waals surface area (Å²) >= 11 is 0. The number of nitrogens with two attached hydrogens (primary N) is 1. The summed E-state index contributed by atoms with van der Waals surface area (Å²) < 4.78 is 10.7. The lowest BCUT2D eigenvalue weighted by Gasteiger charge is -2.26. The Morgan fingerprint density at radius 2 is 1.00 bits per heavy atom. The van der Waals surface area contributed by atoms with Gasteiger partial charge in [-0.2, -0.15) is 9.97 Å². The number of aliphatic carboxylic acids is 1. The molecule has 0 atom stereocenters. The number of rotatable bonds is 10. The number of morpholine rings is 2. The van der Waals surface area contributed by atoms with Crippen LogP contribution in [0.1, 0.15) is 20.7 Å². The summed E-state index contributed by atoms with van der Waals surface area (Å²) in [5.41, 5.74) is 6.54. The molecule has 2 aliphatic heterocycles. The minimum absolute atomic E-state index is 0.158. The lowest BCUT2D eigenvalue weighted by atomic mass is 9.99. The second-order valence-electron chi connectivity index (χ2n) is 12.9. The number of aromatic nitrogens is 4. The Kier molecular flexibility index (Phi) is 14.0. The Morgan fingerprint density at radius 1 is 0.593 bits per heavy atom. The zero-order chi connectivity index (χ0) is 41.7. The number of ether oxygens (including phenoxy) is 2. The van der Waals surface area contributed by atoms with Crippen LogP contribution in [0.4, 0.5) is 34.9 Å². The Labute approximate surface area is 339 Å². The molecule has 6 N–H and O–H groups in total. The van der Waals surface area contributed by atoms with Crippen molar-refractivity contribution in [1.29, 1.82) is 0 Å². The third-order valence-corrected chi connectivity index (χ3v) is 9.36. The highest BCUT2D eigenvalue weighted by Gasteiger charge is 2.21. The van der Waals surface area contributed by atoms with Gasteiger partial charge in [0.05, 0.1) is 26.4 Å². The van der Waals surface area contributed by atoms with Gasteiger partial charge in [0.2, 0.25) is 11.9 Å². The number of hydrogen-bond donors (Lipinski definition) is 5. The molecule has 0 bridgehead atoms. The molecule has 0 spiro atoms. The van der Waals surface area contributed by atoms with Crippen LogP contribution in [0.25, 0.3) is 21.5 Å². The number of nitrogens with zero attached hydrogens (tertiary/aromatic N) is 6. The van der Waals surface area contributed by atoms with E-state index in [4.69, 9.17) is 14.6 Å². The van der Waals surface area contributed by atoms with Crippen LogP contribution < -0.4 is 31.5 Å². The van der Waals surface area contributed by atoms with Crippen LogP contribution in [-0.2, 0) is 19.1 Å². The molecule has 4 aromatic carbocycles. The van der Waals surface area contributed by atoms with E-state index in [2.05, 4.69) is 51.4 Å². The molecule has 0 aliphatic carbocycles. The van der Waals surface area contributed by atoms with E-state index in [1.807, 2.05) is 36.4 Å². The molecule has 6 aromatic rings. The second kappa shape index (κ2) is 19.9. The standard InChI is InChI=1S/C21H21N5O3.C20H18N4O4.CH5N/c1-22-20(28)19(27)16-6-7-17(15-5-3-2-4-14(15)16)24-18-8-9-23-21(25-18)26-10-12-29-13-11-26;25-18(19(26)27)15-5-6-16(14-4-2-1-3-13(14)15)22-17-7-8-21-20(23-17)24-9-11-28-12-10-24;1-2/h2-9H,10-13H2,1H3,(H,22,28)(H,23,24,25);1-8H,9-12H2,(H,26,27)(H,21,22,23);2H2,1H3. The fourth-order valence-corrected chi connectivity index (χ4v) is 6.51. The van der Waals surface area contributed by atoms with E-state index in [-0.39, 0.29) is 5.56 Å². The van der Waals surface area contributed by atoms with Crippen LogP contribution in [-0.4, -0.2) is 115 Å². The van der Waals surface area contributed by atoms with E-state index >= 15 is 0 Å². The van der Waals surface area contributed by atoms with Gasteiger partial charge in [-0.15, -0.1) is 0 Å². The predicted octanol–water partition coefficient (Wildman–Crippen LogP) is 4.19. The average Bonchev–Trinajstić information content (AvgIpc) is 3.30. The molecule has 0 saturated carbocycles. The molecule has 2 aromatic heterocycles. The molecule has 0 unspecified atom stereocenters. The summed E-state index contributed by atoms with van der Waals surface area (Å²) in [5.74, 6) is -1.08. The molecule has 304 valence electrons. The Bertz CT molecular complexity index is 2450. The zero-order valence-electron chi connectivity index (χ0n) is 32.6. The summed E-state index contributed by atoms with van der Waals surface area (Å²) in [6.45, 7) is 5.58. The first-order valence-corrected chi connectivity index (χ1v) is 18.8. The van der Waals surface area contributed by atoms with Gasteiger partial charge < -0.3 is 46.1 Å². The SMILES string of the molecule is CN.CNC(=O)C(=O)c1ccc(Nc2ccnc(N3CCOCC3)n2)c2ccccc12.O=C(O)C(=O)c1ccc(Nc2ccnc(N3CCOCC3)n2)c2ccccc12. The quantitative estimate of drug-likeness (QED) is 0.0967. The number of fused-ring (bicyclic) bond motifs is 2. The van der Waals surface area contributed by atoms with E-state index in [1.165, 1.54) is 20.2 Å². The number of nitrogens with one attached hydrogen (secondary N) is 3. The van der Waals surface area contributed by atoms with Gasteiger partial charge in [-0.1, -0.05) is 48.5 Å². The normalized spacial score (nSPS) is 13.6. The van der Waals surface area contributed by atoms with Crippen LogP contribution in [0.2, 0.25) is 0 Å². The first-order chi connectivity index (χ1) is 28.8. The van der Waals surface area contributed by atoms with E-state index < -0.39 is 23.4 Å². The van der Waals surface area contributed by atoms with Crippen molar-refractivity contribution in [2.24, 2.45) is 5.73 Å². The van der Waals surface area contributed by atoms with Crippen molar-refractivity contribution < 1.29 is 33.8 Å². The largest absolute Gasteiger partial charge is 0.475 e. The van der Waals surface area contributed by atoms with Crippen molar-refractivity contribution in [3.63, 3.8) is 0 Å². The maximum atomic E-state index is 12.4. The Morgan fingerprint density at radius 3 is 1.41 bits per heavy atom. The number of likely N-dealkylation sites (N-methyl/N-ethyl adjacent to an activating group) is 1. The van der Waals surface area contributed by atoms with E-state index in [9.17, 15) is 19.2 Å². The van der Waals surface area contributed by atoms with Crippen LogP contribution in [0.15, 0.2) is 97.3 Å². The van der Waals surface area contributed by atoms with Crippen molar-refractivity contribution >= 4 is 79.9 Å². The lowest BCUT2D eigenvalue weighted by molar-refractivity contribution is -0.131. The van der Waals surface area contributed by atoms with Gasteiger partial charge in [0.1, 0.15) is 11.6 Å². The highest BCUT2D eigenvalue weighted by atomic mass is 16.5. The van der Waals surface area contributed by atoms with Crippen LogP contribution in [0.3, 0.4) is 0 Å². The molecule has 0 radical (unpaired) electrons. The predicted molar refractivity (Wildman–Crippen MR) is 225 cm³/mol. The first kappa shape index (κ1) is 41.6. The number of carbonyl (C=O) groups is 4. The number of benzene rings is 4. The molecular weight excluding hydrogens is 757 g/mol. The number of anilines is 6. The van der Waals surface area contributed by atoms with Crippen LogP contribution in [0.5, 0.6) is 0 Å². The topological polar surface area (TPSA) is 227 Å². The molecule has 2 fully saturated rings. The number of ketones is 2. The zero-order valence-corrected chi connectivity index (χ0v) is 32.6. The van der Waals surface area contributed by atoms with Gasteiger partial charge in [-0.05, 0) is 54.2 Å². The number of Topliss-reactive ketones (excluding diaryl/α,β-unsaturated/α-hetero) is 2. The lowest BCUT2D eigenvalue weighted by Crippen LogP contribution is -2.37. The number of amides is 1. The number of hydrogen-bond acceptors (Lipinski definition) is 15. The molecule has 17 heteroatoms. The van der Waals surface area contributed by atoms with Crippen molar-refractivity contribution in [3.8, 4) is 0 Å². The second-order valence-corrected chi connectivity index (χ2v) is 12.9. The molecular formula is C42H44N10O7. The summed E-state index contributed by atoms with van der Waals surface area (Å²) in [7, 11) is 2.94. The maximum absolute atomic E-state index is 12.4. The van der Waals surface area contributed by atoms with Gasteiger partial charge >= 0.3 is 5.97 Å². The number of carboxylic acids is 1. The van der Waals surface area contributed by atoms with Gasteiger partial charge in [0.15, 0.2) is 0 Å². The van der Waals surface area contributed by atoms with E-state index in [1.54, 1.807) is 54.9 Å². The van der Waals surface area contributed by atoms with E-state index in [0.717, 1.165) is 48.3 Å². The third-order valence-electron chi connectivity index (χ3n) is 9.36. The minimum atomic E-state index is -1.48. The van der Waals surface area contributed by atoms with Gasteiger partial charge in [-0.25, -0.2) is 14.8 Å². The van der Waals surface area contributed by atoms with Crippen molar-refractivity contribution in [2.75, 3.05) is 87.1 Å². The smallest absolute Gasteiger partial charge is 0.377 e. The summed E-state index contributed by atoms with van der Waals surface area (Å²) in [6, 6.07) is 24.8. The molecule has 1 amide bonds. The van der Waals surface area contributed by atoms with Gasteiger partial charge in [0, 0.05) is 78.9 Å². The van der Waals surface area contributed by atoms with Crippen LogP contribution >= 0.6 is 0 Å². The van der Waals surface area contributed by atoms with Crippen LogP contribution in [0, 0.1) is 0 Å². The highest BCUT2D eigenvalue weighted by Crippen LogP contribution is 2.31. The molecule has 17 nitrogen and oxygen atoms in total. The summed E-state index contributed by atoms with van der Waals surface area (Å²) in [6.07, 6.45) is 3.40. The van der Waals surface area contributed by atoms with E-state index in [0.29, 0.717) is 66.3 Å². The molecule has 4 heterocycles. The molecule has 59 heavy (non-hydrogen) atoms. The minimum Gasteiger partial charge on any atom is -0.475 e. The molecule has 2 aliphatic rings. The average molecular weight is 801 g/mol. The summed E-state index contributed by atoms with van der Waals surface area (Å²) in [5, 5.41) is 20.9. The fourth-order valence-electron chi connectivity index (χ4n) is 6.51. The Balaban J connectivity index is 0.000000191. The van der Waals surface area contributed by atoms with Gasteiger partial charge in [0.25, 0.3) is 17.5 Å². The van der Waals surface area contributed by atoms with Crippen molar-refractivity contribution in [2.45, 2.75) is 0 Å². The molecule has 8 rings (SSSR count). The molecule has 2 saturated heterocycles. The monoisotopic (exact) mass is 800 g/mol. The third kappa shape index (κ3) is 9.90. The first-order valence-electron chi connectivity index (χ1n) is 18.8. The number of carbonyl (C=O) groups excluding carboxylic acids is 3. The van der Waals surface area contributed by atoms with Crippen molar-refractivity contribution in [3.05, 3.63) is 108 Å². The maximum Gasteiger partial charge on any atom is 0.377 e. The Hall–Kier alpha value is -7.08. The van der Waals surface area contributed by atoms with Gasteiger partial charge in [-0.3, -0.25) is 14.4 Å². The summed E-state index contributed by atoms with van der Waals surface area (Å²) in [4.78, 5) is 69.3. The number of carboxylic acid groups (broad SMARTS) is 1.